The van der Waals surface area contributed by atoms with E-state index < -0.39 is 10.8 Å². The quantitative estimate of drug-likeness (QED) is 0.268. The molecule has 2 atom stereocenters. The maximum atomic E-state index is 13.7. The number of pyridine rings is 1. The number of halogens is 1. The number of rotatable bonds is 5. The first-order valence-corrected chi connectivity index (χ1v) is 14.9. The molecule has 0 amide bonds. The van der Waals surface area contributed by atoms with Crippen molar-refractivity contribution in [3.63, 3.8) is 0 Å². The second-order valence-electron chi connectivity index (χ2n) is 10.1. The van der Waals surface area contributed by atoms with Crippen LogP contribution in [0.4, 0.5) is 0 Å². The predicted octanol–water partition coefficient (Wildman–Crippen LogP) is 7.28. The first-order chi connectivity index (χ1) is 18.7. The van der Waals surface area contributed by atoms with Crippen molar-refractivity contribution in [3.05, 3.63) is 136 Å². The van der Waals surface area contributed by atoms with Gasteiger partial charge in [0.25, 0.3) is 0 Å². The summed E-state index contributed by atoms with van der Waals surface area (Å²) in [4.78, 5) is 8.25. The fourth-order valence-corrected chi connectivity index (χ4v) is 7.51. The second-order valence-corrected chi connectivity index (χ2v) is 12.2. The zero-order valence-electron chi connectivity index (χ0n) is 21.4. The molecule has 4 aromatic rings. The summed E-state index contributed by atoms with van der Waals surface area (Å²) in [6.45, 7) is 2.66. The Morgan fingerprint density at radius 1 is 0.816 bits per heavy atom. The van der Waals surface area contributed by atoms with Gasteiger partial charge in [0, 0.05) is 41.3 Å². The molecule has 0 bridgehead atoms. The number of aromatic nitrogens is 1. The van der Waals surface area contributed by atoms with Crippen LogP contribution in [0.25, 0.3) is 5.57 Å². The minimum Gasteiger partial charge on any atom is -0.301 e. The van der Waals surface area contributed by atoms with Crippen LogP contribution in [0.3, 0.4) is 0 Å². The SMILES string of the molecule is O=[S@@](c1ccccc1)[C@@H](CN1CCC(=C2c3ccc(Cl)cc3CCc3cccnc32)CC1)c1ccccc1. The van der Waals surface area contributed by atoms with E-state index in [1.165, 1.54) is 27.8 Å². The number of nitrogens with zero attached hydrogens (tertiary/aromatic N) is 2. The highest BCUT2D eigenvalue weighted by atomic mass is 35.5. The van der Waals surface area contributed by atoms with Crippen molar-refractivity contribution in [3.8, 4) is 0 Å². The number of fused-ring (bicyclic) bond motifs is 2. The van der Waals surface area contributed by atoms with E-state index in [1.807, 2.05) is 66.9 Å². The minimum atomic E-state index is -1.13. The smallest absolute Gasteiger partial charge is 0.0770 e. The molecule has 2 heterocycles. The summed E-state index contributed by atoms with van der Waals surface area (Å²) in [6, 6.07) is 30.8. The van der Waals surface area contributed by atoms with E-state index >= 15 is 0 Å². The number of piperidine rings is 1. The lowest BCUT2D eigenvalue weighted by Gasteiger charge is -2.33. The van der Waals surface area contributed by atoms with Gasteiger partial charge in [-0.25, -0.2) is 0 Å². The van der Waals surface area contributed by atoms with Crippen LogP contribution >= 0.6 is 11.6 Å². The van der Waals surface area contributed by atoms with Crippen LogP contribution in [-0.4, -0.2) is 33.7 Å². The summed E-state index contributed by atoms with van der Waals surface area (Å²) in [7, 11) is -1.13. The molecule has 3 aromatic carbocycles. The van der Waals surface area contributed by atoms with Crippen LogP contribution in [0.15, 0.2) is 108 Å². The topological polar surface area (TPSA) is 33.2 Å². The Bertz CT molecular complexity index is 1480. The molecule has 192 valence electrons. The van der Waals surface area contributed by atoms with Gasteiger partial charge < -0.3 is 4.90 Å². The average molecular weight is 539 g/mol. The van der Waals surface area contributed by atoms with Gasteiger partial charge in [0.05, 0.1) is 21.7 Å². The maximum absolute atomic E-state index is 13.7. The molecule has 5 heteroatoms. The summed E-state index contributed by atoms with van der Waals surface area (Å²) < 4.78 is 13.7. The van der Waals surface area contributed by atoms with Gasteiger partial charge in [0.15, 0.2) is 0 Å². The molecule has 0 radical (unpaired) electrons. The Balaban J connectivity index is 1.29. The zero-order chi connectivity index (χ0) is 25.9. The van der Waals surface area contributed by atoms with Gasteiger partial charge in [-0.2, -0.15) is 0 Å². The van der Waals surface area contributed by atoms with Gasteiger partial charge in [0.2, 0.25) is 0 Å². The third kappa shape index (κ3) is 5.26. The monoisotopic (exact) mass is 538 g/mol. The van der Waals surface area contributed by atoms with Gasteiger partial charge in [-0.05, 0) is 78.3 Å². The van der Waals surface area contributed by atoms with Gasteiger partial charge >= 0.3 is 0 Å². The van der Waals surface area contributed by atoms with Crippen LogP contribution in [0.2, 0.25) is 5.02 Å². The number of likely N-dealkylation sites (tertiary alicyclic amines) is 1. The first-order valence-electron chi connectivity index (χ1n) is 13.4. The van der Waals surface area contributed by atoms with E-state index in [0.29, 0.717) is 0 Å². The average Bonchev–Trinajstić information content (AvgIpc) is 3.13. The third-order valence-corrected chi connectivity index (χ3v) is 9.68. The molecule has 0 N–H and O–H groups in total. The fourth-order valence-electron chi connectivity index (χ4n) is 5.81. The van der Waals surface area contributed by atoms with Crippen molar-refractivity contribution < 1.29 is 4.21 Å². The maximum Gasteiger partial charge on any atom is 0.0770 e. The van der Waals surface area contributed by atoms with Gasteiger partial charge in [0.1, 0.15) is 0 Å². The fraction of sp³-hybridized carbons (Fsp3) is 0.242. The van der Waals surface area contributed by atoms with Crippen LogP contribution < -0.4 is 0 Å². The third-order valence-electron chi connectivity index (χ3n) is 7.77. The first kappa shape index (κ1) is 25.2. The largest absolute Gasteiger partial charge is 0.301 e. The molecule has 1 aliphatic carbocycles. The second kappa shape index (κ2) is 11.4. The summed E-state index contributed by atoms with van der Waals surface area (Å²) in [5, 5.41) is 0.719. The molecule has 2 aliphatic rings. The molecule has 1 fully saturated rings. The molecule has 0 saturated carbocycles. The summed E-state index contributed by atoms with van der Waals surface area (Å²) >= 11 is 6.40. The molecule has 1 aromatic heterocycles. The standard InChI is InChI=1S/C33H31ClN2OS/c34-28-15-16-30-27(22-28)14-13-26-10-7-19-35-33(26)32(30)25-17-20-36(21-18-25)23-31(24-8-3-1-4-9-24)38(37)29-11-5-2-6-12-29/h1-12,15-16,19,22,31H,13-14,17-18,20-21,23H2/t31-,38-/m0/s1. The predicted molar refractivity (Wildman–Crippen MR) is 157 cm³/mol. The Kier molecular flexibility index (Phi) is 7.55. The highest BCUT2D eigenvalue weighted by molar-refractivity contribution is 7.85. The van der Waals surface area contributed by atoms with Crippen molar-refractivity contribution >= 4 is 28.0 Å². The number of benzene rings is 3. The van der Waals surface area contributed by atoms with Crippen LogP contribution in [0, 0.1) is 0 Å². The molecule has 38 heavy (non-hydrogen) atoms. The molecule has 0 unspecified atom stereocenters. The molecule has 3 nitrogen and oxygen atoms in total. The van der Waals surface area contributed by atoms with E-state index in [4.69, 9.17) is 16.6 Å². The van der Waals surface area contributed by atoms with Crippen molar-refractivity contribution in [2.45, 2.75) is 35.8 Å². The van der Waals surface area contributed by atoms with Crippen molar-refractivity contribution in [2.24, 2.45) is 0 Å². The molecular weight excluding hydrogens is 508 g/mol. The van der Waals surface area contributed by atoms with Crippen molar-refractivity contribution in [2.75, 3.05) is 19.6 Å². The summed E-state index contributed by atoms with van der Waals surface area (Å²) in [5.41, 5.74) is 8.93. The van der Waals surface area contributed by atoms with Gasteiger partial charge in [-0.3, -0.25) is 9.19 Å². The zero-order valence-corrected chi connectivity index (χ0v) is 22.9. The van der Waals surface area contributed by atoms with Crippen LogP contribution in [0.5, 0.6) is 0 Å². The highest BCUT2D eigenvalue weighted by Gasteiger charge is 2.28. The number of aryl methyl sites for hydroxylation is 2. The number of hydrogen-bond acceptors (Lipinski definition) is 3. The van der Waals surface area contributed by atoms with E-state index in [2.05, 4.69) is 35.2 Å². The lowest BCUT2D eigenvalue weighted by atomic mass is 9.88. The van der Waals surface area contributed by atoms with Gasteiger partial charge in [-0.1, -0.05) is 77.8 Å². The molecule has 1 saturated heterocycles. The van der Waals surface area contributed by atoms with Crippen LogP contribution in [-0.2, 0) is 23.6 Å². The Hall–Kier alpha value is -3.05. The lowest BCUT2D eigenvalue weighted by molar-refractivity contribution is 0.257. The molecule has 6 rings (SSSR count). The lowest BCUT2D eigenvalue weighted by Crippen LogP contribution is -2.35. The normalized spacial score (nSPS) is 17.3. The molecular formula is C33H31ClN2OS. The summed E-state index contributed by atoms with van der Waals surface area (Å²) in [6.07, 6.45) is 5.82. The van der Waals surface area contributed by atoms with Gasteiger partial charge in [-0.15, -0.1) is 0 Å². The number of hydrogen-bond donors (Lipinski definition) is 0. The van der Waals surface area contributed by atoms with E-state index in [0.717, 1.165) is 66.5 Å². The Morgan fingerprint density at radius 2 is 1.53 bits per heavy atom. The Labute approximate surface area is 232 Å². The Morgan fingerprint density at radius 3 is 2.29 bits per heavy atom. The van der Waals surface area contributed by atoms with E-state index in [-0.39, 0.29) is 5.25 Å². The van der Waals surface area contributed by atoms with Crippen LogP contribution in [0.1, 0.15) is 46.0 Å². The summed E-state index contributed by atoms with van der Waals surface area (Å²) in [5.74, 6) is 0. The molecule has 1 aliphatic heterocycles. The van der Waals surface area contributed by atoms with Crippen molar-refractivity contribution in [1.82, 2.24) is 9.88 Å². The molecule has 0 spiro atoms. The van der Waals surface area contributed by atoms with Crippen molar-refractivity contribution in [1.29, 1.82) is 0 Å². The minimum absolute atomic E-state index is 0.0732. The van der Waals surface area contributed by atoms with E-state index in [9.17, 15) is 4.21 Å². The van der Waals surface area contributed by atoms with E-state index in [1.54, 1.807) is 0 Å². The highest BCUT2D eigenvalue weighted by Crippen LogP contribution is 2.39.